The largest absolute Gasteiger partial charge is 0.457 e. The molecule has 2 aliphatic rings. The van der Waals surface area contributed by atoms with E-state index in [1.165, 1.54) is 18.3 Å². The Labute approximate surface area is 311 Å². The first-order valence-corrected chi connectivity index (χ1v) is 18.2. The molecule has 0 radical (unpaired) electrons. The Bertz CT molecular complexity index is 1960. The van der Waals surface area contributed by atoms with Crippen molar-refractivity contribution in [2.24, 2.45) is 22.4 Å². The van der Waals surface area contributed by atoms with Gasteiger partial charge in [0.25, 0.3) is 0 Å². The van der Waals surface area contributed by atoms with E-state index in [-0.39, 0.29) is 48.5 Å². The molecule has 4 amide bonds. The number of nitrogens with two attached hydrogens (primary N) is 2. The first-order chi connectivity index (χ1) is 25.4. The molecule has 1 aromatic heterocycles. The highest BCUT2D eigenvalue weighted by Gasteiger charge is 2.33. The third-order valence-electron chi connectivity index (χ3n) is 8.45. The summed E-state index contributed by atoms with van der Waals surface area (Å²) in [5.41, 5.74) is 12.8. The van der Waals surface area contributed by atoms with Crippen molar-refractivity contribution in [1.29, 1.82) is 0 Å². The van der Waals surface area contributed by atoms with Gasteiger partial charge in [0.2, 0.25) is 29.4 Å². The van der Waals surface area contributed by atoms with Gasteiger partial charge in [-0.1, -0.05) is 50.2 Å². The van der Waals surface area contributed by atoms with Crippen molar-refractivity contribution >= 4 is 56.9 Å². The fourth-order valence-corrected chi connectivity index (χ4v) is 6.91. The zero-order chi connectivity index (χ0) is 38.1. The lowest BCUT2D eigenvalue weighted by atomic mass is 9.99. The van der Waals surface area contributed by atoms with Crippen LogP contribution >= 0.6 is 11.3 Å². The molecule has 53 heavy (non-hydrogen) atoms. The minimum atomic E-state index is -1.18. The first kappa shape index (κ1) is 38.4. The fraction of sp³-hybridized carbons (Fsp3) is 0.342. The highest BCUT2D eigenvalue weighted by molar-refractivity contribution is 7.20. The number of rotatable bonds is 11. The van der Waals surface area contributed by atoms with Crippen LogP contribution in [0.25, 0.3) is 10.2 Å². The standard InChI is InChI=1S/C38H44N8O6S/c1-21(2)18-29-34(49)44-30(35(50)43-28(11-7-17-41-38(39)40)33(48)37-46-27-10-4-5-12-31(27)53-37)20-23-8-6-9-26(19-23)52-25-15-13-24(14-16-25)32(36(51)45-29)42-22(3)47/h4-6,8-10,12-16,19,21,28-30,32H,7,11,17-18,20H2,1-3H3,(H,42,47)(H,43,50)(H,44,49)(H,45,51)(H4,39,40,41)/t28-,29-,30-,32-/m0/s1. The minimum absolute atomic E-state index is 0.0284. The summed E-state index contributed by atoms with van der Waals surface area (Å²) in [5.74, 6) is -1.81. The monoisotopic (exact) mass is 740 g/mol. The van der Waals surface area contributed by atoms with Crippen LogP contribution in [0.4, 0.5) is 0 Å². The number of hydrogen-bond acceptors (Lipinski definition) is 9. The van der Waals surface area contributed by atoms with Gasteiger partial charge in [-0.05, 0) is 72.7 Å². The number of nitrogens with one attached hydrogen (secondary N) is 4. The predicted molar refractivity (Wildman–Crippen MR) is 202 cm³/mol. The maximum Gasteiger partial charge on any atom is 0.247 e. The summed E-state index contributed by atoms with van der Waals surface area (Å²) >= 11 is 1.22. The van der Waals surface area contributed by atoms with Crippen LogP contribution in [-0.4, -0.2) is 65.0 Å². The van der Waals surface area contributed by atoms with Crippen LogP contribution in [0.5, 0.6) is 11.5 Å². The zero-order valence-electron chi connectivity index (χ0n) is 29.8. The normalized spacial score (nSPS) is 18.0. The van der Waals surface area contributed by atoms with Crippen LogP contribution < -0.4 is 37.5 Å². The van der Waals surface area contributed by atoms with Crippen LogP contribution in [0, 0.1) is 5.92 Å². The van der Waals surface area contributed by atoms with Gasteiger partial charge in [0.1, 0.15) is 29.6 Å². The van der Waals surface area contributed by atoms with Crippen LogP contribution in [-0.2, 0) is 25.6 Å². The number of ketones is 1. The van der Waals surface area contributed by atoms with E-state index in [0.717, 1.165) is 4.70 Å². The van der Waals surface area contributed by atoms with E-state index in [2.05, 4.69) is 31.2 Å². The number of ether oxygens (including phenoxy) is 1. The van der Waals surface area contributed by atoms with E-state index in [1.807, 2.05) is 32.0 Å². The third-order valence-corrected chi connectivity index (χ3v) is 9.50. The highest BCUT2D eigenvalue weighted by Crippen LogP contribution is 2.27. The van der Waals surface area contributed by atoms with Gasteiger partial charge < -0.3 is 37.5 Å². The average Bonchev–Trinajstić information content (AvgIpc) is 3.55. The first-order valence-electron chi connectivity index (χ1n) is 17.4. The Hall–Kier alpha value is -5.83. The molecule has 2 aliphatic heterocycles. The number of nitrogens with zero attached hydrogens (tertiary/aromatic N) is 2. The van der Waals surface area contributed by atoms with Crippen molar-refractivity contribution in [3.63, 3.8) is 0 Å². The van der Waals surface area contributed by atoms with Gasteiger partial charge in [-0.2, -0.15) is 0 Å². The van der Waals surface area contributed by atoms with Crippen LogP contribution in [0.1, 0.15) is 67.0 Å². The lowest BCUT2D eigenvalue weighted by Gasteiger charge is -2.27. The number of carbonyl (C=O) groups is 5. The van der Waals surface area contributed by atoms with E-state index in [4.69, 9.17) is 16.2 Å². The third kappa shape index (κ3) is 10.6. The second-order valence-electron chi connectivity index (χ2n) is 13.3. The van der Waals surface area contributed by atoms with E-state index >= 15 is 0 Å². The summed E-state index contributed by atoms with van der Waals surface area (Å²) in [7, 11) is 0. The molecule has 14 nitrogen and oxygen atoms in total. The van der Waals surface area contributed by atoms with Crippen LogP contribution in [0.2, 0.25) is 0 Å². The summed E-state index contributed by atoms with van der Waals surface area (Å²) in [6, 6.07) is 16.8. The molecule has 3 aromatic carbocycles. The second kappa shape index (κ2) is 17.6. The summed E-state index contributed by atoms with van der Waals surface area (Å²) in [5, 5.41) is 11.4. The van der Waals surface area contributed by atoms with E-state index < -0.39 is 47.8 Å². The van der Waals surface area contributed by atoms with Crippen molar-refractivity contribution in [2.75, 3.05) is 6.54 Å². The fourth-order valence-electron chi connectivity index (χ4n) is 5.95. The van der Waals surface area contributed by atoms with Crippen molar-refractivity contribution in [3.8, 4) is 11.5 Å². The molecule has 8 N–H and O–H groups in total. The van der Waals surface area contributed by atoms with Gasteiger partial charge >= 0.3 is 0 Å². The van der Waals surface area contributed by atoms with Crippen molar-refractivity contribution in [3.05, 3.63) is 88.9 Å². The van der Waals surface area contributed by atoms with Gasteiger partial charge in [-0.15, -0.1) is 11.3 Å². The van der Waals surface area contributed by atoms with Crippen molar-refractivity contribution < 1.29 is 28.7 Å². The molecule has 3 heterocycles. The number of benzene rings is 3. The predicted octanol–water partition coefficient (Wildman–Crippen LogP) is 3.26. The Morgan fingerprint density at radius 1 is 0.981 bits per heavy atom. The topological polar surface area (TPSA) is 220 Å². The summed E-state index contributed by atoms with van der Waals surface area (Å²) < 4.78 is 6.90. The number of aromatic nitrogens is 1. The Kier molecular flexibility index (Phi) is 12.7. The number of carbonyl (C=O) groups excluding carboxylic acids is 5. The quantitative estimate of drug-likeness (QED) is 0.0575. The smallest absolute Gasteiger partial charge is 0.247 e. The Morgan fingerprint density at radius 2 is 1.74 bits per heavy atom. The molecule has 0 fully saturated rings. The van der Waals surface area contributed by atoms with E-state index in [9.17, 15) is 24.0 Å². The number of amides is 4. The molecule has 0 unspecified atom stereocenters. The number of aliphatic imine (C=N–C) groups is 1. The van der Waals surface area contributed by atoms with E-state index in [0.29, 0.717) is 34.6 Å². The van der Waals surface area contributed by atoms with Gasteiger partial charge in [0.15, 0.2) is 11.0 Å². The molecule has 15 heteroatoms. The number of para-hydroxylation sites is 1. The lowest BCUT2D eigenvalue weighted by Crippen LogP contribution is -2.57. The second-order valence-corrected chi connectivity index (χ2v) is 14.3. The molecular formula is C38H44N8O6S. The Morgan fingerprint density at radius 3 is 2.43 bits per heavy atom. The minimum Gasteiger partial charge on any atom is -0.457 e. The van der Waals surface area contributed by atoms with Gasteiger partial charge in [-0.25, -0.2) is 4.98 Å². The van der Waals surface area contributed by atoms with Gasteiger partial charge in [-0.3, -0.25) is 29.0 Å². The molecule has 0 saturated heterocycles. The molecular weight excluding hydrogens is 697 g/mol. The van der Waals surface area contributed by atoms with Gasteiger partial charge in [0.05, 0.1) is 16.3 Å². The van der Waals surface area contributed by atoms with Crippen LogP contribution in [0.3, 0.4) is 0 Å². The zero-order valence-corrected chi connectivity index (χ0v) is 30.6. The summed E-state index contributed by atoms with van der Waals surface area (Å²) in [4.78, 5) is 76.7. The van der Waals surface area contributed by atoms with Gasteiger partial charge in [0, 0.05) is 19.9 Å². The molecule has 0 saturated carbocycles. The molecule has 4 atom stereocenters. The van der Waals surface area contributed by atoms with Crippen LogP contribution in [0.15, 0.2) is 77.8 Å². The maximum absolute atomic E-state index is 14.3. The molecule has 0 spiro atoms. The molecule has 6 rings (SSSR count). The average molecular weight is 741 g/mol. The number of Topliss-reactive ketones (excluding diaryl/α,β-unsaturated/α-hetero) is 1. The van der Waals surface area contributed by atoms with E-state index in [1.54, 1.807) is 54.6 Å². The number of guanidine groups is 1. The van der Waals surface area contributed by atoms with Crippen molar-refractivity contribution in [1.82, 2.24) is 26.3 Å². The maximum atomic E-state index is 14.3. The molecule has 4 aromatic rings. The molecule has 278 valence electrons. The number of hydrogen-bond donors (Lipinski definition) is 6. The lowest BCUT2D eigenvalue weighted by molar-refractivity contribution is -0.134. The summed E-state index contributed by atoms with van der Waals surface area (Å²) in [6.45, 7) is 5.33. The number of thiazole rings is 1. The molecule has 4 bridgehead atoms. The van der Waals surface area contributed by atoms with Crippen molar-refractivity contribution in [2.45, 2.75) is 70.6 Å². The summed E-state index contributed by atoms with van der Waals surface area (Å²) in [6.07, 6.45) is 0.829. The molecule has 0 aliphatic carbocycles. The Balaban J connectivity index is 1.49. The SMILES string of the molecule is CC(=O)N[C@@H]1C(=O)N[C@@H](CC(C)C)C(=O)N[C@H](C(=O)N[C@@H](CCCN=C(N)N)C(=O)c2nc3ccccc3s2)Cc2cccc(c2)Oc2ccc1cc2. The number of fused-ring (bicyclic) bond motifs is 10. The highest BCUT2D eigenvalue weighted by atomic mass is 32.1.